The summed E-state index contributed by atoms with van der Waals surface area (Å²) in [5.41, 5.74) is -0.404. The minimum Gasteiger partial charge on any atom is -0.426 e. The van der Waals surface area contributed by atoms with Crippen LogP contribution in [0.25, 0.3) is 0 Å². The van der Waals surface area contributed by atoms with Crippen molar-refractivity contribution >= 4 is 11.8 Å². The molecule has 6 heteroatoms. The summed E-state index contributed by atoms with van der Waals surface area (Å²) in [7, 11) is 0. The zero-order chi connectivity index (χ0) is 19.8. The Labute approximate surface area is 170 Å². The van der Waals surface area contributed by atoms with Crippen LogP contribution in [0.4, 0.5) is 0 Å². The van der Waals surface area contributed by atoms with Gasteiger partial charge in [-0.1, -0.05) is 18.2 Å². The number of hydrogen-bond acceptors (Lipinski definition) is 4. The van der Waals surface area contributed by atoms with Crippen LogP contribution in [0.3, 0.4) is 0 Å². The second kappa shape index (κ2) is 7.25. The van der Waals surface area contributed by atoms with Gasteiger partial charge in [0.05, 0.1) is 5.41 Å². The molecule has 1 aliphatic carbocycles. The molecule has 2 aromatic rings. The standard InChI is InChI=1S/C23H26N2O4/c26-21(19-9-10-20(29-19)28-18-5-2-1-3-6-18)25-14-12-23(16-25)11-4-13-24(22(23)27)15-17-7-8-17/h1-3,5-6,9-10,17H,4,7-8,11-16H2/t23-/m1/s1. The average molecular weight is 394 g/mol. The maximum Gasteiger partial charge on any atom is 0.290 e. The van der Waals surface area contributed by atoms with Gasteiger partial charge in [0.2, 0.25) is 5.91 Å². The third-order valence-corrected chi connectivity index (χ3v) is 6.39. The van der Waals surface area contributed by atoms with Gasteiger partial charge in [0, 0.05) is 32.2 Å². The summed E-state index contributed by atoms with van der Waals surface area (Å²) < 4.78 is 11.3. The first-order chi connectivity index (χ1) is 14.1. The van der Waals surface area contributed by atoms with Crippen molar-refractivity contribution in [2.75, 3.05) is 26.2 Å². The molecule has 3 fully saturated rings. The molecule has 0 unspecified atom stereocenters. The topological polar surface area (TPSA) is 63.0 Å². The number of amides is 2. The lowest BCUT2D eigenvalue weighted by Crippen LogP contribution is -2.50. The van der Waals surface area contributed by atoms with Crippen LogP contribution in [-0.4, -0.2) is 47.8 Å². The van der Waals surface area contributed by atoms with Crippen LogP contribution in [0.2, 0.25) is 0 Å². The number of hydrogen-bond donors (Lipinski definition) is 0. The predicted molar refractivity (Wildman–Crippen MR) is 107 cm³/mol. The lowest BCUT2D eigenvalue weighted by Gasteiger charge is -2.39. The molecular formula is C23H26N2O4. The van der Waals surface area contributed by atoms with Crippen LogP contribution in [-0.2, 0) is 4.79 Å². The Morgan fingerprint density at radius 2 is 1.93 bits per heavy atom. The minimum absolute atomic E-state index is 0.170. The van der Waals surface area contributed by atoms with E-state index < -0.39 is 5.41 Å². The molecule has 3 heterocycles. The molecule has 1 saturated carbocycles. The van der Waals surface area contributed by atoms with E-state index in [4.69, 9.17) is 9.15 Å². The van der Waals surface area contributed by atoms with Crippen LogP contribution in [0.1, 0.15) is 42.7 Å². The highest BCUT2D eigenvalue weighted by Gasteiger charge is 2.50. The van der Waals surface area contributed by atoms with Crippen LogP contribution in [0.5, 0.6) is 11.7 Å². The largest absolute Gasteiger partial charge is 0.426 e. The highest BCUT2D eigenvalue weighted by molar-refractivity contribution is 5.93. The highest BCUT2D eigenvalue weighted by Crippen LogP contribution is 2.42. The summed E-state index contributed by atoms with van der Waals surface area (Å²) >= 11 is 0. The fraction of sp³-hybridized carbons (Fsp3) is 0.478. The molecular weight excluding hydrogens is 368 g/mol. The van der Waals surface area contributed by atoms with Gasteiger partial charge in [0.25, 0.3) is 11.9 Å². The third-order valence-electron chi connectivity index (χ3n) is 6.39. The van der Waals surface area contributed by atoms with Gasteiger partial charge in [-0.3, -0.25) is 9.59 Å². The predicted octanol–water partition coefficient (Wildman–Crippen LogP) is 3.94. The third kappa shape index (κ3) is 3.63. The fourth-order valence-electron chi connectivity index (χ4n) is 4.61. The summed E-state index contributed by atoms with van der Waals surface area (Å²) in [4.78, 5) is 30.0. The Hall–Kier alpha value is -2.76. The monoisotopic (exact) mass is 394 g/mol. The molecule has 0 N–H and O–H groups in total. The van der Waals surface area contributed by atoms with Gasteiger partial charge in [-0.25, -0.2) is 0 Å². The van der Waals surface area contributed by atoms with Crippen molar-refractivity contribution in [3.05, 3.63) is 48.2 Å². The maximum atomic E-state index is 13.2. The molecule has 1 aromatic heterocycles. The molecule has 5 rings (SSSR count). The lowest BCUT2D eigenvalue weighted by atomic mass is 9.78. The maximum absolute atomic E-state index is 13.2. The van der Waals surface area contributed by atoms with E-state index in [1.54, 1.807) is 17.0 Å². The number of piperidine rings is 1. The molecule has 152 valence electrons. The van der Waals surface area contributed by atoms with Crippen molar-refractivity contribution in [1.29, 1.82) is 0 Å². The van der Waals surface area contributed by atoms with E-state index in [1.807, 2.05) is 35.2 Å². The van der Waals surface area contributed by atoms with Gasteiger partial charge in [-0.15, -0.1) is 0 Å². The van der Waals surface area contributed by atoms with E-state index >= 15 is 0 Å². The average Bonchev–Trinajstić information content (AvgIpc) is 3.26. The van der Waals surface area contributed by atoms with E-state index in [9.17, 15) is 9.59 Å². The summed E-state index contributed by atoms with van der Waals surface area (Å²) in [6, 6.07) is 12.6. The molecule has 1 spiro atoms. The highest BCUT2D eigenvalue weighted by atomic mass is 16.6. The molecule has 3 aliphatic rings. The van der Waals surface area contributed by atoms with Crippen LogP contribution in [0, 0.1) is 11.3 Å². The van der Waals surface area contributed by atoms with Crippen molar-refractivity contribution in [2.24, 2.45) is 11.3 Å². The Morgan fingerprint density at radius 3 is 2.72 bits per heavy atom. The van der Waals surface area contributed by atoms with E-state index in [-0.39, 0.29) is 23.5 Å². The first-order valence-electron chi connectivity index (χ1n) is 10.5. The summed E-state index contributed by atoms with van der Waals surface area (Å²) in [5, 5.41) is 0. The van der Waals surface area contributed by atoms with Gasteiger partial charge in [-0.2, -0.15) is 0 Å². The molecule has 2 amide bonds. The second-order valence-electron chi connectivity index (χ2n) is 8.59. The van der Waals surface area contributed by atoms with Crippen molar-refractivity contribution in [3.63, 3.8) is 0 Å². The Balaban J connectivity index is 1.25. The molecule has 6 nitrogen and oxygen atoms in total. The first kappa shape index (κ1) is 18.3. The van der Waals surface area contributed by atoms with Gasteiger partial charge in [0.15, 0.2) is 5.76 Å². The SMILES string of the molecule is O=C(c1ccc(Oc2ccccc2)o1)N1CC[C@]2(CCCN(CC3CC3)C2=O)C1. The zero-order valence-electron chi connectivity index (χ0n) is 16.5. The van der Waals surface area contributed by atoms with Crippen molar-refractivity contribution < 1.29 is 18.7 Å². The molecule has 29 heavy (non-hydrogen) atoms. The van der Waals surface area contributed by atoms with Crippen LogP contribution >= 0.6 is 0 Å². The summed E-state index contributed by atoms with van der Waals surface area (Å²) in [6.45, 7) is 2.84. The number of nitrogens with zero attached hydrogens (tertiary/aromatic N) is 2. The van der Waals surface area contributed by atoms with Crippen molar-refractivity contribution in [3.8, 4) is 11.7 Å². The second-order valence-corrected chi connectivity index (χ2v) is 8.59. The lowest BCUT2D eigenvalue weighted by molar-refractivity contribution is -0.145. The van der Waals surface area contributed by atoms with E-state index in [0.29, 0.717) is 24.8 Å². The summed E-state index contributed by atoms with van der Waals surface area (Å²) in [5.74, 6) is 1.98. The molecule has 1 atom stereocenters. The smallest absolute Gasteiger partial charge is 0.290 e. The first-order valence-corrected chi connectivity index (χ1v) is 10.5. The number of carbonyl (C=O) groups excluding carboxylic acids is 2. The molecule has 0 bridgehead atoms. The zero-order valence-corrected chi connectivity index (χ0v) is 16.5. The number of furan rings is 1. The van der Waals surface area contributed by atoms with Gasteiger partial charge in [0.1, 0.15) is 5.75 Å². The van der Waals surface area contributed by atoms with Gasteiger partial charge in [-0.05, 0) is 56.2 Å². The van der Waals surface area contributed by atoms with Gasteiger partial charge < -0.3 is 19.0 Å². The van der Waals surface area contributed by atoms with Crippen LogP contribution in [0.15, 0.2) is 46.9 Å². The number of likely N-dealkylation sites (tertiary alicyclic amines) is 2. The normalized spacial score (nSPS) is 24.3. The fourth-order valence-corrected chi connectivity index (χ4v) is 4.61. The number of para-hydroxylation sites is 1. The quantitative estimate of drug-likeness (QED) is 0.771. The van der Waals surface area contributed by atoms with Crippen LogP contribution < -0.4 is 4.74 Å². The minimum atomic E-state index is -0.404. The number of carbonyl (C=O) groups is 2. The van der Waals surface area contributed by atoms with E-state index in [0.717, 1.165) is 32.4 Å². The molecule has 0 radical (unpaired) electrons. The number of benzene rings is 1. The van der Waals surface area contributed by atoms with Gasteiger partial charge >= 0.3 is 0 Å². The van der Waals surface area contributed by atoms with Crippen molar-refractivity contribution in [1.82, 2.24) is 9.80 Å². The van der Waals surface area contributed by atoms with E-state index in [1.165, 1.54) is 12.8 Å². The molecule has 2 aliphatic heterocycles. The Kier molecular flexibility index (Phi) is 4.57. The Morgan fingerprint density at radius 1 is 1.10 bits per heavy atom. The number of rotatable bonds is 5. The van der Waals surface area contributed by atoms with Crippen molar-refractivity contribution in [2.45, 2.75) is 32.1 Å². The molecule has 1 aromatic carbocycles. The van der Waals surface area contributed by atoms with E-state index in [2.05, 4.69) is 0 Å². The Bertz CT molecular complexity index is 905. The number of ether oxygens (including phenoxy) is 1. The molecule has 2 saturated heterocycles. The summed E-state index contributed by atoms with van der Waals surface area (Å²) in [6.07, 6.45) is 5.13.